The molecule has 2 bridgehead atoms. The number of nitrogens with zero attached hydrogens (tertiary/aromatic N) is 3. The predicted octanol–water partition coefficient (Wildman–Crippen LogP) is 3.27. The lowest BCUT2D eigenvalue weighted by Gasteiger charge is -2.57. The van der Waals surface area contributed by atoms with Crippen LogP contribution in [-0.2, 0) is 0 Å². The highest BCUT2D eigenvalue weighted by molar-refractivity contribution is 5.94. The number of benzene rings is 1. The van der Waals surface area contributed by atoms with E-state index in [4.69, 9.17) is 10.7 Å². The van der Waals surface area contributed by atoms with E-state index in [9.17, 15) is 0 Å². The number of nitrogens with one attached hydrogen (secondary N) is 1. The van der Waals surface area contributed by atoms with E-state index in [0.717, 1.165) is 29.3 Å². The van der Waals surface area contributed by atoms with Crippen LogP contribution in [0.3, 0.4) is 0 Å². The second-order valence-electron chi connectivity index (χ2n) is 7.55. The molecule has 5 nitrogen and oxygen atoms in total. The highest BCUT2D eigenvalue weighted by Gasteiger charge is 2.53. The van der Waals surface area contributed by atoms with Crippen molar-refractivity contribution in [1.29, 1.82) is 0 Å². The van der Waals surface area contributed by atoms with Crippen molar-refractivity contribution in [2.24, 2.45) is 28.0 Å². The molecule has 118 valence electrons. The van der Waals surface area contributed by atoms with Crippen LogP contribution in [0.25, 0.3) is 11.0 Å². The molecule has 23 heavy (non-hydrogen) atoms. The number of rotatable bonds is 1. The van der Waals surface area contributed by atoms with E-state index in [1.54, 1.807) is 0 Å². The summed E-state index contributed by atoms with van der Waals surface area (Å²) in [5, 5.41) is 3.12. The fraction of sp³-hybridized carbons (Fsp3) is 0.444. The van der Waals surface area contributed by atoms with Gasteiger partial charge in [-0.15, -0.1) is 0 Å². The van der Waals surface area contributed by atoms with Gasteiger partial charge in [0.25, 0.3) is 0 Å². The number of hydrogen-bond donors (Lipinski definition) is 2. The number of para-hydroxylation sites is 2. The Hall–Kier alpha value is -2.30. The molecule has 4 aliphatic rings. The van der Waals surface area contributed by atoms with Crippen molar-refractivity contribution in [2.45, 2.75) is 32.9 Å². The third-order valence-electron chi connectivity index (χ3n) is 6.15. The van der Waals surface area contributed by atoms with Gasteiger partial charge in [0, 0.05) is 0 Å². The Bertz CT molecular complexity index is 873. The molecule has 0 amide bonds. The van der Waals surface area contributed by atoms with E-state index in [1.165, 1.54) is 12.0 Å². The summed E-state index contributed by atoms with van der Waals surface area (Å²) in [7, 11) is 0. The van der Waals surface area contributed by atoms with Gasteiger partial charge in [-0.2, -0.15) is 0 Å². The highest BCUT2D eigenvalue weighted by atomic mass is 15.4. The zero-order chi connectivity index (χ0) is 15.8. The van der Waals surface area contributed by atoms with E-state index < -0.39 is 0 Å². The third kappa shape index (κ3) is 1.62. The molecule has 0 spiro atoms. The number of nitrogens with two attached hydrogens (primary N) is 1. The van der Waals surface area contributed by atoms with Crippen LogP contribution in [0, 0.1) is 17.3 Å². The van der Waals surface area contributed by atoms with Crippen molar-refractivity contribution in [2.75, 3.05) is 5.32 Å². The molecule has 0 unspecified atom stereocenters. The average Bonchev–Trinajstić information content (AvgIpc) is 2.91. The molecule has 3 aliphatic carbocycles. The molecular formula is C18H21N5. The van der Waals surface area contributed by atoms with E-state index in [1.807, 2.05) is 12.1 Å². The minimum absolute atomic E-state index is 0.0656. The summed E-state index contributed by atoms with van der Waals surface area (Å²) in [5.41, 5.74) is 9.92. The van der Waals surface area contributed by atoms with Gasteiger partial charge in [0.15, 0.2) is 12.1 Å². The summed E-state index contributed by atoms with van der Waals surface area (Å²) in [6, 6.07) is 8.21. The maximum absolute atomic E-state index is 6.05. The maximum atomic E-state index is 6.05. The molecule has 1 aromatic carbocycles. The standard InChI is InChI=1S/C18H21N5/c1-18(2)10-7-8-11(12(18)9-10)15-21-16(19)22-17-20-13-5-3-4-6-14(13)23(15)17/h3-6,8,10,12,15H,7,9H2,1-2H3,(H3,19,20,21,22)/t10-,12+,15+/m0/s1. The number of imidazole rings is 1. The molecular weight excluding hydrogens is 286 g/mol. The van der Waals surface area contributed by atoms with Crippen molar-refractivity contribution >= 4 is 22.9 Å². The molecule has 3 atom stereocenters. The zero-order valence-corrected chi connectivity index (χ0v) is 13.5. The molecule has 0 saturated heterocycles. The zero-order valence-electron chi connectivity index (χ0n) is 13.5. The summed E-state index contributed by atoms with van der Waals surface area (Å²) in [6.07, 6.45) is 4.76. The van der Waals surface area contributed by atoms with E-state index in [2.05, 4.69) is 46.9 Å². The fourth-order valence-corrected chi connectivity index (χ4v) is 4.63. The fourth-order valence-electron chi connectivity index (χ4n) is 4.63. The van der Waals surface area contributed by atoms with Crippen LogP contribution in [0.15, 0.2) is 40.9 Å². The number of fused-ring (bicyclic) bond motifs is 4. The van der Waals surface area contributed by atoms with Gasteiger partial charge in [-0.05, 0) is 47.8 Å². The van der Waals surface area contributed by atoms with Gasteiger partial charge in [-0.1, -0.05) is 32.1 Å². The molecule has 1 aromatic heterocycles. The van der Waals surface area contributed by atoms with Crippen LogP contribution in [0.5, 0.6) is 0 Å². The first kappa shape index (κ1) is 13.2. The monoisotopic (exact) mass is 307 g/mol. The number of hydrogen-bond acceptors (Lipinski definition) is 4. The van der Waals surface area contributed by atoms with Crippen molar-refractivity contribution in [3.63, 3.8) is 0 Å². The largest absolute Gasteiger partial charge is 0.370 e. The van der Waals surface area contributed by atoms with Crippen LogP contribution in [0.4, 0.5) is 5.95 Å². The summed E-state index contributed by atoms with van der Waals surface area (Å²) in [5.74, 6) is 2.66. The molecule has 0 radical (unpaired) electrons. The number of aliphatic imine (C=N–C) groups is 1. The van der Waals surface area contributed by atoms with Gasteiger partial charge in [0.05, 0.1) is 11.0 Å². The minimum atomic E-state index is -0.0656. The van der Waals surface area contributed by atoms with Gasteiger partial charge in [0.2, 0.25) is 5.95 Å². The molecule has 1 fully saturated rings. The van der Waals surface area contributed by atoms with Gasteiger partial charge in [-0.3, -0.25) is 9.88 Å². The van der Waals surface area contributed by atoms with Crippen LogP contribution >= 0.6 is 0 Å². The first-order chi connectivity index (χ1) is 11.1. The maximum Gasteiger partial charge on any atom is 0.212 e. The lowest BCUT2D eigenvalue weighted by atomic mass is 9.48. The average molecular weight is 307 g/mol. The molecule has 1 saturated carbocycles. The topological polar surface area (TPSA) is 68.2 Å². The van der Waals surface area contributed by atoms with Gasteiger partial charge < -0.3 is 5.73 Å². The Morgan fingerprint density at radius 3 is 2.91 bits per heavy atom. The first-order valence-electron chi connectivity index (χ1n) is 8.33. The highest BCUT2D eigenvalue weighted by Crippen LogP contribution is 2.61. The predicted molar refractivity (Wildman–Crippen MR) is 92.1 cm³/mol. The van der Waals surface area contributed by atoms with E-state index in [0.29, 0.717) is 17.3 Å². The van der Waals surface area contributed by atoms with Crippen LogP contribution in [-0.4, -0.2) is 15.5 Å². The molecule has 5 heteroatoms. The van der Waals surface area contributed by atoms with Crippen molar-refractivity contribution in [3.05, 3.63) is 35.9 Å². The second-order valence-corrected chi connectivity index (χ2v) is 7.55. The van der Waals surface area contributed by atoms with Crippen molar-refractivity contribution in [1.82, 2.24) is 9.55 Å². The molecule has 3 N–H and O–H groups in total. The lowest BCUT2D eigenvalue weighted by molar-refractivity contribution is -0.0119. The first-order valence-corrected chi connectivity index (χ1v) is 8.33. The molecule has 2 heterocycles. The Morgan fingerprint density at radius 1 is 1.30 bits per heavy atom. The lowest BCUT2D eigenvalue weighted by Crippen LogP contribution is -2.49. The Balaban J connectivity index is 1.69. The quantitative estimate of drug-likeness (QED) is 0.795. The van der Waals surface area contributed by atoms with Crippen LogP contribution < -0.4 is 11.1 Å². The third-order valence-corrected chi connectivity index (χ3v) is 6.15. The Labute approximate surface area is 135 Å². The van der Waals surface area contributed by atoms with E-state index in [-0.39, 0.29) is 6.17 Å². The molecule has 2 aromatic rings. The van der Waals surface area contributed by atoms with E-state index >= 15 is 0 Å². The Morgan fingerprint density at radius 2 is 2.13 bits per heavy atom. The summed E-state index contributed by atoms with van der Waals surface area (Å²) < 4.78 is 2.20. The van der Waals surface area contributed by atoms with Crippen molar-refractivity contribution < 1.29 is 0 Å². The van der Waals surface area contributed by atoms with Crippen LogP contribution in [0.1, 0.15) is 32.9 Å². The SMILES string of the molecule is CC1(C)[C@H]2CC=C([C@@H]3N=C(N)Nc4nc5ccccc5n43)[C@H]1C2. The Kier molecular flexibility index (Phi) is 2.38. The smallest absolute Gasteiger partial charge is 0.212 e. The normalized spacial score (nSPS) is 30.8. The summed E-state index contributed by atoms with van der Waals surface area (Å²) in [4.78, 5) is 9.43. The number of anilines is 1. The van der Waals surface area contributed by atoms with Gasteiger partial charge >= 0.3 is 0 Å². The number of aromatic nitrogens is 2. The molecule has 1 aliphatic heterocycles. The number of guanidine groups is 1. The minimum Gasteiger partial charge on any atom is -0.370 e. The van der Waals surface area contributed by atoms with Crippen LogP contribution in [0.2, 0.25) is 0 Å². The second kappa shape index (κ2) is 4.16. The molecule has 6 rings (SSSR count). The van der Waals surface area contributed by atoms with Gasteiger partial charge in [-0.25, -0.2) is 9.98 Å². The number of allylic oxidation sites excluding steroid dienone is 1. The van der Waals surface area contributed by atoms with Gasteiger partial charge in [0.1, 0.15) is 0 Å². The van der Waals surface area contributed by atoms with Crippen molar-refractivity contribution in [3.8, 4) is 0 Å². The summed E-state index contributed by atoms with van der Waals surface area (Å²) in [6.45, 7) is 4.78. The summed E-state index contributed by atoms with van der Waals surface area (Å²) >= 11 is 0.